The number of nitrogen functional groups attached to an aromatic ring is 1. The Morgan fingerprint density at radius 1 is 0.973 bits per heavy atom. The lowest BCUT2D eigenvalue weighted by atomic mass is 10.0. The van der Waals surface area contributed by atoms with Gasteiger partial charge in [-0.2, -0.15) is 0 Å². The predicted molar refractivity (Wildman–Crippen MR) is 139 cm³/mol. The number of ether oxygens (including phenoxy) is 2. The summed E-state index contributed by atoms with van der Waals surface area (Å²) in [5, 5.41) is 3.55. The molecule has 5 aromatic rings. The molecule has 0 spiro atoms. The van der Waals surface area contributed by atoms with Gasteiger partial charge in [0.15, 0.2) is 11.6 Å². The first kappa shape index (κ1) is 23.7. The lowest BCUT2D eigenvalue weighted by Gasteiger charge is -2.13. The van der Waals surface area contributed by atoms with Crippen molar-refractivity contribution in [2.24, 2.45) is 0 Å². The average molecular weight is 496 g/mol. The van der Waals surface area contributed by atoms with Gasteiger partial charge in [-0.05, 0) is 67.1 Å². The quantitative estimate of drug-likeness (QED) is 0.287. The predicted octanol–water partition coefficient (Wildman–Crippen LogP) is 5.77. The van der Waals surface area contributed by atoms with Crippen LogP contribution in [0.4, 0.5) is 15.8 Å². The van der Waals surface area contributed by atoms with Gasteiger partial charge >= 0.3 is 0 Å². The van der Waals surface area contributed by atoms with Crippen molar-refractivity contribution in [3.63, 3.8) is 0 Å². The smallest absolute Gasteiger partial charge is 0.255 e. The molecule has 0 saturated heterocycles. The lowest BCUT2D eigenvalue weighted by molar-refractivity contribution is 0.102. The Morgan fingerprint density at radius 2 is 1.76 bits per heavy atom. The Balaban J connectivity index is 1.46. The number of fused-ring (bicyclic) bond motifs is 1. The number of methoxy groups -OCH3 is 1. The molecule has 0 fully saturated rings. The Labute approximate surface area is 211 Å². The minimum Gasteiger partial charge on any atom is -0.479 e. The molecule has 3 N–H and O–H groups in total. The third-order valence-electron chi connectivity index (χ3n) is 5.79. The molecule has 37 heavy (non-hydrogen) atoms. The summed E-state index contributed by atoms with van der Waals surface area (Å²) in [6.45, 7) is 1.86. The number of nitrogens with two attached hydrogens (primary N) is 1. The van der Waals surface area contributed by atoms with Crippen molar-refractivity contribution < 1.29 is 18.7 Å². The van der Waals surface area contributed by atoms with E-state index in [-0.39, 0.29) is 11.8 Å². The van der Waals surface area contributed by atoms with E-state index in [1.54, 1.807) is 54.6 Å². The molecular formula is C28H22FN5O3. The summed E-state index contributed by atoms with van der Waals surface area (Å²) in [5.74, 6) is -0.0170. The molecular weight excluding hydrogens is 473 g/mol. The number of pyridine rings is 1. The van der Waals surface area contributed by atoms with E-state index in [0.717, 1.165) is 11.1 Å². The highest BCUT2D eigenvalue weighted by atomic mass is 19.1. The molecule has 0 aliphatic carbocycles. The molecule has 0 bridgehead atoms. The van der Waals surface area contributed by atoms with E-state index < -0.39 is 5.82 Å². The van der Waals surface area contributed by atoms with Crippen molar-refractivity contribution >= 4 is 28.2 Å². The number of halogens is 1. The fourth-order valence-electron chi connectivity index (χ4n) is 3.84. The maximum absolute atomic E-state index is 14.4. The van der Waals surface area contributed by atoms with Crippen molar-refractivity contribution in [3.05, 3.63) is 96.3 Å². The standard InChI is InChI=1S/C28H22FN5O3/c1-16-21-11-18(19-12-22(29)28(36-2)31-14-19)13-25(26(21)33-15-32-16)37-20-9-7-17(8-10-20)27(35)34-24-6-4-3-5-23(24)30/h3-15H,30H2,1-2H3,(H,34,35). The Hall–Kier alpha value is -5.05. The zero-order valence-electron chi connectivity index (χ0n) is 20.0. The van der Waals surface area contributed by atoms with Crippen molar-refractivity contribution in [1.82, 2.24) is 15.0 Å². The van der Waals surface area contributed by atoms with Gasteiger partial charge in [0.05, 0.1) is 18.5 Å². The molecule has 3 aromatic carbocycles. The van der Waals surface area contributed by atoms with E-state index in [9.17, 15) is 9.18 Å². The number of amides is 1. The summed E-state index contributed by atoms with van der Waals surface area (Å²) >= 11 is 0. The molecule has 9 heteroatoms. The minimum absolute atomic E-state index is 0.0837. The second-order valence-corrected chi connectivity index (χ2v) is 8.21. The largest absolute Gasteiger partial charge is 0.479 e. The molecule has 0 unspecified atom stereocenters. The first-order chi connectivity index (χ1) is 17.9. The van der Waals surface area contributed by atoms with Crippen LogP contribution < -0.4 is 20.5 Å². The molecule has 2 heterocycles. The lowest BCUT2D eigenvalue weighted by Crippen LogP contribution is -2.12. The number of hydrogen-bond donors (Lipinski definition) is 2. The van der Waals surface area contributed by atoms with E-state index >= 15 is 0 Å². The Morgan fingerprint density at radius 3 is 2.49 bits per heavy atom. The number of aryl methyl sites for hydroxylation is 1. The van der Waals surface area contributed by atoms with Gasteiger partial charge in [-0.25, -0.2) is 19.3 Å². The van der Waals surface area contributed by atoms with Crippen LogP contribution in [-0.4, -0.2) is 28.0 Å². The summed E-state index contributed by atoms with van der Waals surface area (Å²) in [6, 6.07) is 18.7. The summed E-state index contributed by atoms with van der Waals surface area (Å²) in [7, 11) is 1.36. The Kier molecular flexibility index (Phi) is 6.34. The van der Waals surface area contributed by atoms with Gasteiger partial charge in [-0.3, -0.25) is 4.79 Å². The summed E-state index contributed by atoms with van der Waals surface area (Å²) < 4.78 is 25.5. The first-order valence-corrected chi connectivity index (χ1v) is 11.3. The molecule has 0 atom stereocenters. The summed E-state index contributed by atoms with van der Waals surface area (Å²) in [6.07, 6.45) is 2.99. The topological polar surface area (TPSA) is 112 Å². The molecule has 0 aliphatic heterocycles. The van der Waals surface area contributed by atoms with Gasteiger partial charge in [-0.15, -0.1) is 0 Å². The number of nitrogens with zero attached hydrogens (tertiary/aromatic N) is 3. The number of benzene rings is 3. The van der Waals surface area contributed by atoms with Gasteiger partial charge in [0.25, 0.3) is 5.91 Å². The zero-order valence-corrected chi connectivity index (χ0v) is 20.0. The molecule has 0 radical (unpaired) electrons. The molecule has 0 saturated carbocycles. The van der Waals surface area contributed by atoms with Crippen LogP contribution in [0, 0.1) is 12.7 Å². The third kappa shape index (κ3) is 4.87. The van der Waals surface area contributed by atoms with Crippen LogP contribution in [-0.2, 0) is 0 Å². The van der Waals surface area contributed by atoms with Crippen LogP contribution in [0.2, 0.25) is 0 Å². The molecule has 8 nitrogen and oxygen atoms in total. The van der Waals surface area contributed by atoms with Crippen LogP contribution >= 0.6 is 0 Å². The second kappa shape index (κ2) is 9.90. The number of carbonyl (C=O) groups excluding carboxylic acids is 1. The number of anilines is 2. The van der Waals surface area contributed by atoms with E-state index in [2.05, 4.69) is 20.3 Å². The van der Waals surface area contributed by atoms with E-state index in [1.165, 1.54) is 25.7 Å². The molecule has 184 valence electrons. The highest BCUT2D eigenvalue weighted by Crippen LogP contribution is 2.35. The highest BCUT2D eigenvalue weighted by molar-refractivity contribution is 6.05. The van der Waals surface area contributed by atoms with E-state index in [0.29, 0.717) is 45.1 Å². The van der Waals surface area contributed by atoms with Crippen LogP contribution in [0.3, 0.4) is 0 Å². The van der Waals surface area contributed by atoms with Crippen molar-refractivity contribution in [1.29, 1.82) is 0 Å². The number of para-hydroxylation sites is 2. The Bertz CT molecular complexity index is 1620. The average Bonchev–Trinajstić information content (AvgIpc) is 2.90. The second-order valence-electron chi connectivity index (χ2n) is 8.21. The number of rotatable bonds is 6. The highest BCUT2D eigenvalue weighted by Gasteiger charge is 2.15. The molecule has 5 rings (SSSR count). The SMILES string of the molecule is COc1ncc(-c2cc(Oc3ccc(C(=O)Nc4ccccc4N)cc3)c3ncnc(C)c3c2)cc1F. The third-order valence-corrected chi connectivity index (χ3v) is 5.79. The van der Waals surface area contributed by atoms with Crippen LogP contribution in [0.25, 0.3) is 22.0 Å². The van der Waals surface area contributed by atoms with Crippen LogP contribution in [0.1, 0.15) is 16.1 Å². The minimum atomic E-state index is -0.574. The molecule has 2 aromatic heterocycles. The zero-order chi connectivity index (χ0) is 25.9. The van der Waals surface area contributed by atoms with Crippen LogP contribution in [0.15, 0.2) is 79.3 Å². The number of hydrogen-bond acceptors (Lipinski definition) is 7. The maximum Gasteiger partial charge on any atom is 0.255 e. The monoisotopic (exact) mass is 495 g/mol. The summed E-state index contributed by atoms with van der Waals surface area (Å²) in [5.41, 5.74) is 9.92. The fourth-order valence-corrected chi connectivity index (χ4v) is 3.84. The van der Waals surface area contributed by atoms with E-state index in [4.69, 9.17) is 15.2 Å². The van der Waals surface area contributed by atoms with Gasteiger partial charge in [-0.1, -0.05) is 12.1 Å². The van der Waals surface area contributed by atoms with Gasteiger partial charge < -0.3 is 20.5 Å². The van der Waals surface area contributed by atoms with E-state index in [1.807, 2.05) is 13.0 Å². The van der Waals surface area contributed by atoms with Crippen molar-refractivity contribution in [3.8, 4) is 28.5 Å². The van der Waals surface area contributed by atoms with Crippen LogP contribution in [0.5, 0.6) is 17.4 Å². The molecule has 0 aliphatic rings. The van der Waals surface area contributed by atoms with Gasteiger partial charge in [0.2, 0.25) is 5.88 Å². The number of aromatic nitrogens is 3. The van der Waals surface area contributed by atoms with Gasteiger partial charge in [0.1, 0.15) is 17.6 Å². The fraction of sp³-hybridized carbons (Fsp3) is 0.0714. The molecule has 1 amide bonds. The summed E-state index contributed by atoms with van der Waals surface area (Å²) in [4.78, 5) is 25.4. The number of nitrogens with one attached hydrogen (secondary N) is 1. The van der Waals surface area contributed by atoms with Crippen molar-refractivity contribution in [2.75, 3.05) is 18.2 Å². The maximum atomic E-state index is 14.4. The normalized spacial score (nSPS) is 10.8. The van der Waals surface area contributed by atoms with Crippen molar-refractivity contribution in [2.45, 2.75) is 6.92 Å². The van der Waals surface area contributed by atoms with Gasteiger partial charge in [0, 0.05) is 28.4 Å². The number of carbonyl (C=O) groups is 1. The first-order valence-electron chi connectivity index (χ1n) is 11.3.